The Balaban J connectivity index is 1.81. The molecule has 4 nitrogen and oxygen atoms in total. The zero-order chi connectivity index (χ0) is 17.4. The van der Waals surface area contributed by atoms with Gasteiger partial charge >= 0.3 is 0 Å². The molecule has 0 aliphatic carbocycles. The second kappa shape index (κ2) is 9.93. The molecule has 0 bridgehead atoms. The minimum Gasteiger partial charge on any atom is -0.357 e. The summed E-state index contributed by atoms with van der Waals surface area (Å²) in [7, 11) is 0. The molecule has 2 rings (SSSR count). The van der Waals surface area contributed by atoms with E-state index in [2.05, 4.69) is 34.4 Å². The maximum absolute atomic E-state index is 12.4. The number of thiophene rings is 1. The average molecular weight is 359 g/mol. The molecule has 1 aromatic heterocycles. The van der Waals surface area contributed by atoms with E-state index in [-0.39, 0.29) is 6.54 Å². The van der Waals surface area contributed by atoms with Gasteiger partial charge in [0.15, 0.2) is 5.96 Å². The topological polar surface area (TPSA) is 39.7 Å². The van der Waals surface area contributed by atoms with Crippen LogP contribution in [0.15, 0.2) is 21.8 Å². The Bertz CT molecular complexity index is 485. The van der Waals surface area contributed by atoms with Crippen molar-refractivity contribution in [3.05, 3.63) is 22.4 Å². The average Bonchev–Trinajstić information content (AvgIpc) is 3.08. The van der Waals surface area contributed by atoms with E-state index in [4.69, 9.17) is 4.99 Å². The molecule has 1 unspecified atom stereocenters. The van der Waals surface area contributed by atoms with E-state index in [1.54, 1.807) is 11.3 Å². The smallest absolute Gasteiger partial charge is 0.251 e. The first-order valence-corrected chi connectivity index (χ1v) is 9.60. The number of likely N-dealkylation sites (tertiary alicyclic amines) is 1. The van der Waals surface area contributed by atoms with Crippen molar-refractivity contribution in [1.29, 1.82) is 0 Å². The van der Waals surface area contributed by atoms with Gasteiger partial charge in [0.1, 0.15) is 0 Å². The van der Waals surface area contributed by atoms with Crippen molar-refractivity contribution in [2.45, 2.75) is 45.1 Å². The Morgan fingerprint density at radius 2 is 2.17 bits per heavy atom. The van der Waals surface area contributed by atoms with Crippen LogP contribution in [0.25, 0.3) is 0 Å². The Labute approximate surface area is 147 Å². The second-order valence-electron chi connectivity index (χ2n) is 6.29. The molecule has 7 heteroatoms. The molecule has 1 atom stereocenters. The summed E-state index contributed by atoms with van der Waals surface area (Å²) in [6, 6.07) is 2.44. The maximum atomic E-state index is 12.4. The highest BCUT2D eigenvalue weighted by atomic mass is 32.1. The second-order valence-corrected chi connectivity index (χ2v) is 7.07. The first kappa shape index (κ1) is 19.1. The van der Waals surface area contributed by atoms with Crippen LogP contribution in [0.3, 0.4) is 0 Å². The standard InChI is InChI=1S/C17H28F2N4S/c1-3-20-17(21-10-13(2)14-6-9-24-12-14)22-15-4-7-23(8-5-15)11-16(18)19/h6,9,12-13,15-16H,3-5,7-8,10-11H2,1-2H3,(H2,20,21,22). The number of alkyl halides is 2. The van der Waals surface area contributed by atoms with Crippen molar-refractivity contribution in [3.63, 3.8) is 0 Å². The number of nitrogens with one attached hydrogen (secondary N) is 2. The monoisotopic (exact) mass is 358 g/mol. The molecule has 1 aliphatic heterocycles. The zero-order valence-electron chi connectivity index (χ0n) is 14.5. The summed E-state index contributed by atoms with van der Waals surface area (Å²) in [6.07, 6.45) is -0.499. The maximum Gasteiger partial charge on any atom is 0.251 e. The van der Waals surface area contributed by atoms with Crippen molar-refractivity contribution in [2.75, 3.05) is 32.7 Å². The molecular formula is C17H28F2N4S. The summed E-state index contributed by atoms with van der Waals surface area (Å²) in [5.41, 5.74) is 1.32. The van der Waals surface area contributed by atoms with Gasteiger partial charge in [-0.2, -0.15) is 11.3 Å². The van der Waals surface area contributed by atoms with Crippen molar-refractivity contribution in [2.24, 2.45) is 4.99 Å². The first-order chi connectivity index (χ1) is 11.6. The molecule has 1 aliphatic rings. The van der Waals surface area contributed by atoms with E-state index in [9.17, 15) is 8.78 Å². The first-order valence-electron chi connectivity index (χ1n) is 8.66. The van der Waals surface area contributed by atoms with Crippen LogP contribution in [0.5, 0.6) is 0 Å². The highest BCUT2D eigenvalue weighted by Crippen LogP contribution is 2.18. The molecule has 1 saturated heterocycles. The molecule has 136 valence electrons. The predicted octanol–water partition coefficient (Wildman–Crippen LogP) is 3.14. The zero-order valence-corrected chi connectivity index (χ0v) is 15.3. The van der Waals surface area contributed by atoms with Crippen molar-refractivity contribution in [1.82, 2.24) is 15.5 Å². The van der Waals surface area contributed by atoms with Gasteiger partial charge in [0.2, 0.25) is 0 Å². The van der Waals surface area contributed by atoms with Crippen molar-refractivity contribution >= 4 is 17.3 Å². The van der Waals surface area contributed by atoms with E-state index < -0.39 is 6.43 Å². The number of piperidine rings is 1. The molecule has 0 amide bonds. The molecule has 0 radical (unpaired) electrons. The van der Waals surface area contributed by atoms with E-state index in [0.29, 0.717) is 25.0 Å². The van der Waals surface area contributed by atoms with Crippen molar-refractivity contribution in [3.8, 4) is 0 Å². The molecule has 2 N–H and O–H groups in total. The van der Waals surface area contributed by atoms with Gasteiger partial charge in [-0.05, 0) is 42.2 Å². The number of hydrogen-bond acceptors (Lipinski definition) is 3. The van der Waals surface area contributed by atoms with Crippen LogP contribution >= 0.6 is 11.3 Å². The summed E-state index contributed by atoms with van der Waals surface area (Å²) in [4.78, 5) is 6.54. The quantitative estimate of drug-likeness (QED) is 0.581. The lowest BCUT2D eigenvalue weighted by Crippen LogP contribution is -2.49. The highest BCUT2D eigenvalue weighted by Gasteiger charge is 2.22. The van der Waals surface area contributed by atoms with E-state index in [1.807, 2.05) is 11.8 Å². The van der Waals surface area contributed by atoms with Crippen LogP contribution in [-0.4, -0.2) is 56.1 Å². The molecule has 2 heterocycles. The number of nitrogens with zero attached hydrogens (tertiary/aromatic N) is 2. The molecule has 1 fully saturated rings. The van der Waals surface area contributed by atoms with Crippen LogP contribution in [0.1, 0.15) is 38.2 Å². The molecule has 24 heavy (non-hydrogen) atoms. The molecule has 0 spiro atoms. The lowest BCUT2D eigenvalue weighted by molar-refractivity contribution is 0.0744. The minimum absolute atomic E-state index is 0.112. The van der Waals surface area contributed by atoms with Crippen LogP contribution in [0.2, 0.25) is 0 Å². The van der Waals surface area contributed by atoms with Gasteiger partial charge < -0.3 is 10.6 Å². The SMILES string of the molecule is CCNC(=NCC(C)c1ccsc1)NC1CCN(CC(F)F)CC1. The number of rotatable bonds is 7. The number of hydrogen-bond donors (Lipinski definition) is 2. The summed E-state index contributed by atoms with van der Waals surface area (Å²) >= 11 is 1.71. The van der Waals surface area contributed by atoms with Crippen LogP contribution in [0, 0.1) is 0 Å². The van der Waals surface area contributed by atoms with Gasteiger partial charge in [-0.25, -0.2) is 8.78 Å². The lowest BCUT2D eigenvalue weighted by atomic mass is 10.1. The number of halogens is 2. The third kappa shape index (κ3) is 6.36. The fraction of sp³-hybridized carbons (Fsp3) is 0.706. The fourth-order valence-corrected chi connectivity index (χ4v) is 3.64. The van der Waals surface area contributed by atoms with Gasteiger partial charge in [-0.3, -0.25) is 9.89 Å². The van der Waals surface area contributed by atoms with Gasteiger partial charge in [0.25, 0.3) is 6.43 Å². The third-order valence-electron chi connectivity index (χ3n) is 4.30. The summed E-state index contributed by atoms with van der Waals surface area (Å²) in [5.74, 6) is 1.21. The van der Waals surface area contributed by atoms with Crippen LogP contribution in [-0.2, 0) is 0 Å². The van der Waals surface area contributed by atoms with E-state index in [0.717, 1.165) is 31.9 Å². The van der Waals surface area contributed by atoms with Gasteiger partial charge in [-0.1, -0.05) is 6.92 Å². The summed E-state index contributed by atoms with van der Waals surface area (Å²) in [5, 5.41) is 11.0. The Morgan fingerprint density at radius 1 is 1.42 bits per heavy atom. The summed E-state index contributed by atoms with van der Waals surface area (Å²) < 4.78 is 24.9. The fourth-order valence-electron chi connectivity index (χ4n) is 2.86. The number of guanidine groups is 1. The molecular weight excluding hydrogens is 330 g/mol. The van der Waals surface area contributed by atoms with Gasteiger partial charge in [-0.15, -0.1) is 0 Å². The molecule has 0 aromatic carbocycles. The normalized spacial score (nSPS) is 18.8. The largest absolute Gasteiger partial charge is 0.357 e. The van der Waals surface area contributed by atoms with E-state index in [1.165, 1.54) is 5.56 Å². The van der Waals surface area contributed by atoms with Crippen LogP contribution in [0.4, 0.5) is 8.78 Å². The lowest BCUT2D eigenvalue weighted by Gasteiger charge is -2.32. The van der Waals surface area contributed by atoms with Crippen molar-refractivity contribution < 1.29 is 8.78 Å². The van der Waals surface area contributed by atoms with E-state index >= 15 is 0 Å². The minimum atomic E-state index is -2.24. The molecule has 1 aromatic rings. The highest BCUT2D eigenvalue weighted by molar-refractivity contribution is 7.07. The Kier molecular flexibility index (Phi) is 7.91. The number of aliphatic imine (C=N–C) groups is 1. The van der Waals surface area contributed by atoms with Gasteiger partial charge in [0.05, 0.1) is 6.54 Å². The summed E-state index contributed by atoms with van der Waals surface area (Å²) in [6.45, 7) is 7.08. The third-order valence-corrected chi connectivity index (χ3v) is 5.01. The predicted molar refractivity (Wildman–Crippen MR) is 97.3 cm³/mol. The van der Waals surface area contributed by atoms with Gasteiger partial charge in [0, 0.05) is 38.1 Å². The Hall–Kier alpha value is -1.21. The van der Waals surface area contributed by atoms with Crippen LogP contribution < -0.4 is 10.6 Å². The molecule has 0 saturated carbocycles. The Morgan fingerprint density at radius 3 is 2.75 bits per heavy atom.